The molecule has 0 aliphatic rings. The van der Waals surface area contributed by atoms with E-state index in [0.29, 0.717) is 16.8 Å². The van der Waals surface area contributed by atoms with Crippen LogP contribution in [0.1, 0.15) is 10.5 Å². The maximum absolute atomic E-state index is 11.0. The average molecular weight is 192 g/mol. The Hall–Kier alpha value is -2.11. The van der Waals surface area contributed by atoms with E-state index in [4.69, 9.17) is 10.5 Å². The fourth-order valence-electron chi connectivity index (χ4n) is 1.27. The molecule has 6 nitrogen and oxygen atoms in total. The predicted molar refractivity (Wildman–Crippen MR) is 49.0 cm³/mol. The number of carbonyl (C=O) groups is 1. The van der Waals surface area contributed by atoms with Gasteiger partial charge in [0.25, 0.3) is 5.91 Å². The lowest BCUT2D eigenvalue weighted by molar-refractivity contribution is 0.0997. The third-order valence-electron chi connectivity index (χ3n) is 1.87. The number of pyridine rings is 1. The molecule has 0 saturated heterocycles. The van der Waals surface area contributed by atoms with Gasteiger partial charge in [0.2, 0.25) is 5.88 Å². The average Bonchev–Trinajstić information content (AvgIpc) is 2.60. The molecule has 0 aromatic carbocycles. The van der Waals surface area contributed by atoms with Crippen molar-refractivity contribution in [3.63, 3.8) is 0 Å². The summed E-state index contributed by atoms with van der Waals surface area (Å²) in [6.45, 7) is 0. The van der Waals surface area contributed by atoms with Gasteiger partial charge in [-0.1, -0.05) is 0 Å². The van der Waals surface area contributed by atoms with E-state index in [1.165, 1.54) is 7.11 Å². The van der Waals surface area contributed by atoms with Gasteiger partial charge in [-0.3, -0.25) is 9.89 Å². The Kier molecular flexibility index (Phi) is 1.81. The van der Waals surface area contributed by atoms with Crippen molar-refractivity contribution in [2.45, 2.75) is 0 Å². The van der Waals surface area contributed by atoms with Crippen LogP contribution >= 0.6 is 0 Å². The lowest BCUT2D eigenvalue weighted by atomic mass is 10.2. The third-order valence-corrected chi connectivity index (χ3v) is 1.87. The number of aromatic nitrogens is 3. The number of rotatable bonds is 2. The van der Waals surface area contributed by atoms with Crippen LogP contribution in [0.25, 0.3) is 10.9 Å². The smallest absolute Gasteiger partial charge is 0.270 e. The minimum Gasteiger partial charge on any atom is -0.480 e. The molecule has 3 N–H and O–H groups in total. The van der Waals surface area contributed by atoms with Crippen LogP contribution in [0.4, 0.5) is 0 Å². The number of methoxy groups -OCH3 is 1. The van der Waals surface area contributed by atoms with Crippen LogP contribution in [0, 0.1) is 0 Å². The molecule has 0 radical (unpaired) electrons. The zero-order chi connectivity index (χ0) is 10.1. The van der Waals surface area contributed by atoms with Gasteiger partial charge in [0, 0.05) is 6.20 Å². The number of primary amides is 1. The van der Waals surface area contributed by atoms with Crippen LogP contribution < -0.4 is 10.5 Å². The SMILES string of the molecule is COc1nccc2[nH]nc(C(N)=O)c12. The number of nitrogens with zero attached hydrogens (tertiary/aromatic N) is 2. The highest BCUT2D eigenvalue weighted by atomic mass is 16.5. The highest BCUT2D eigenvalue weighted by Gasteiger charge is 2.15. The predicted octanol–water partition coefficient (Wildman–Crippen LogP) is 0.0654. The number of aromatic amines is 1. The summed E-state index contributed by atoms with van der Waals surface area (Å²) in [5, 5.41) is 6.97. The monoisotopic (exact) mass is 192 g/mol. The van der Waals surface area contributed by atoms with E-state index in [2.05, 4.69) is 15.2 Å². The molecule has 1 amide bonds. The van der Waals surface area contributed by atoms with Gasteiger partial charge in [-0.05, 0) is 6.07 Å². The molecule has 0 spiro atoms. The lowest BCUT2D eigenvalue weighted by Crippen LogP contribution is -2.12. The number of ether oxygens (including phenoxy) is 1. The van der Waals surface area contributed by atoms with Gasteiger partial charge in [-0.15, -0.1) is 0 Å². The fourth-order valence-corrected chi connectivity index (χ4v) is 1.27. The Morgan fingerprint density at radius 3 is 3.07 bits per heavy atom. The first-order valence-electron chi connectivity index (χ1n) is 3.91. The first-order valence-corrected chi connectivity index (χ1v) is 3.91. The number of nitrogens with two attached hydrogens (primary N) is 1. The quantitative estimate of drug-likeness (QED) is 0.703. The largest absolute Gasteiger partial charge is 0.480 e. The molecular formula is C8H8N4O2. The minimum atomic E-state index is -0.609. The van der Waals surface area contributed by atoms with E-state index >= 15 is 0 Å². The maximum Gasteiger partial charge on any atom is 0.270 e. The second-order valence-electron chi connectivity index (χ2n) is 2.68. The summed E-state index contributed by atoms with van der Waals surface area (Å²) in [5.74, 6) is -0.271. The summed E-state index contributed by atoms with van der Waals surface area (Å²) >= 11 is 0. The van der Waals surface area contributed by atoms with E-state index in [9.17, 15) is 4.79 Å². The molecule has 0 bridgehead atoms. The normalized spacial score (nSPS) is 10.4. The van der Waals surface area contributed by atoms with Crippen LogP contribution in [-0.4, -0.2) is 28.2 Å². The topological polar surface area (TPSA) is 93.9 Å². The van der Waals surface area contributed by atoms with Crippen molar-refractivity contribution >= 4 is 16.8 Å². The van der Waals surface area contributed by atoms with E-state index < -0.39 is 5.91 Å². The fraction of sp³-hybridized carbons (Fsp3) is 0.125. The highest BCUT2D eigenvalue weighted by Crippen LogP contribution is 2.23. The van der Waals surface area contributed by atoms with Crippen LogP contribution in [0.3, 0.4) is 0 Å². The van der Waals surface area contributed by atoms with Gasteiger partial charge < -0.3 is 10.5 Å². The standard InChI is InChI=1S/C8H8N4O2/c1-14-8-5-4(2-3-10-8)11-12-6(5)7(9)13/h2-3H,1H3,(H2,9,13)(H,11,12). The van der Waals surface area contributed by atoms with E-state index in [1.807, 2.05) is 0 Å². The molecule has 0 aliphatic carbocycles. The van der Waals surface area contributed by atoms with Crippen molar-refractivity contribution in [2.24, 2.45) is 5.73 Å². The molecule has 2 rings (SSSR count). The van der Waals surface area contributed by atoms with Gasteiger partial charge in [-0.25, -0.2) is 4.98 Å². The summed E-state index contributed by atoms with van der Waals surface area (Å²) in [7, 11) is 1.47. The first-order chi connectivity index (χ1) is 6.74. The molecule has 0 saturated carbocycles. The van der Waals surface area contributed by atoms with E-state index in [1.54, 1.807) is 12.3 Å². The summed E-state index contributed by atoms with van der Waals surface area (Å²) in [6, 6.07) is 1.69. The zero-order valence-electron chi connectivity index (χ0n) is 7.44. The number of fused-ring (bicyclic) bond motifs is 1. The number of amides is 1. The van der Waals surface area contributed by atoms with Gasteiger partial charge in [0.15, 0.2) is 5.69 Å². The molecule has 14 heavy (non-hydrogen) atoms. The summed E-state index contributed by atoms with van der Waals surface area (Å²) in [5.41, 5.74) is 5.96. The summed E-state index contributed by atoms with van der Waals surface area (Å²) in [4.78, 5) is 15.0. The summed E-state index contributed by atoms with van der Waals surface area (Å²) < 4.78 is 5.00. The molecule has 0 aliphatic heterocycles. The Bertz CT molecular complexity index is 491. The number of carbonyl (C=O) groups excluding carboxylic acids is 1. The zero-order valence-corrected chi connectivity index (χ0v) is 7.44. The molecule has 2 aromatic rings. The van der Waals surface area contributed by atoms with Crippen LogP contribution in [0.5, 0.6) is 5.88 Å². The van der Waals surface area contributed by atoms with Crippen LogP contribution in [0.2, 0.25) is 0 Å². The molecule has 2 heterocycles. The second-order valence-corrected chi connectivity index (χ2v) is 2.68. The van der Waals surface area contributed by atoms with Crippen molar-refractivity contribution in [1.29, 1.82) is 0 Å². The lowest BCUT2D eigenvalue weighted by Gasteiger charge is -1.99. The van der Waals surface area contributed by atoms with Gasteiger partial charge in [-0.2, -0.15) is 5.10 Å². The first kappa shape index (κ1) is 8.49. The van der Waals surface area contributed by atoms with E-state index in [-0.39, 0.29) is 5.69 Å². The van der Waals surface area contributed by atoms with Crippen molar-refractivity contribution in [2.75, 3.05) is 7.11 Å². The molecule has 0 atom stereocenters. The number of hydrogen-bond acceptors (Lipinski definition) is 4. The number of nitrogens with one attached hydrogen (secondary N) is 1. The number of hydrogen-bond donors (Lipinski definition) is 2. The summed E-state index contributed by atoms with van der Waals surface area (Å²) in [6.07, 6.45) is 1.56. The second kappa shape index (κ2) is 2.99. The van der Waals surface area contributed by atoms with Crippen molar-refractivity contribution in [1.82, 2.24) is 15.2 Å². The van der Waals surface area contributed by atoms with E-state index in [0.717, 1.165) is 0 Å². The van der Waals surface area contributed by atoms with Crippen molar-refractivity contribution < 1.29 is 9.53 Å². The maximum atomic E-state index is 11.0. The van der Waals surface area contributed by atoms with Gasteiger partial charge in [0.05, 0.1) is 18.0 Å². The Balaban J connectivity index is 2.81. The Labute approximate surface area is 79.1 Å². The Morgan fingerprint density at radius 1 is 1.64 bits per heavy atom. The van der Waals surface area contributed by atoms with Crippen molar-refractivity contribution in [3.8, 4) is 5.88 Å². The molecule has 2 aromatic heterocycles. The molecule has 6 heteroatoms. The van der Waals surface area contributed by atoms with Crippen LogP contribution in [0.15, 0.2) is 12.3 Å². The van der Waals surface area contributed by atoms with Gasteiger partial charge >= 0.3 is 0 Å². The molecular weight excluding hydrogens is 184 g/mol. The minimum absolute atomic E-state index is 0.143. The Morgan fingerprint density at radius 2 is 2.43 bits per heavy atom. The molecule has 72 valence electrons. The van der Waals surface area contributed by atoms with Gasteiger partial charge in [0.1, 0.15) is 0 Å². The van der Waals surface area contributed by atoms with Crippen LogP contribution in [-0.2, 0) is 0 Å². The third kappa shape index (κ3) is 1.08. The highest BCUT2D eigenvalue weighted by molar-refractivity contribution is 6.05. The van der Waals surface area contributed by atoms with Crippen molar-refractivity contribution in [3.05, 3.63) is 18.0 Å². The molecule has 0 unspecified atom stereocenters. The number of H-pyrrole nitrogens is 1. The molecule has 0 fully saturated rings.